The molecule has 55 heavy (non-hydrogen) atoms. The third-order valence-electron chi connectivity index (χ3n) is 12.5. The quantitative estimate of drug-likeness (QED) is 0.102. The van der Waals surface area contributed by atoms with Crippen molar-refractivity contribution < 1.29 is 29.3 Å². The summed E-state index contributed by atoms with van der Waals surface area (Å²) in [6, 6.07) is 39.5. The van der Waals surface area contributed by atoms with E-state index < -0.39 is 57.7 Å². The number of azo groups is 1. The highest BCUT2D eigenvalue weighted by atomic mass is 16.6. The number of benzene rings is 4. The number of esters is 1. The van der Waals surface area contributed by atoms with Crippen LogP contribution in [0.4, 0.5) is 0 Å². The number of Topliss-reactive ketones (excluding diaryl/α,β-unsaturated/α-hetero) is 1. The summed E-state index contributed by atoms with van der Waals surface area (Å²) in [6.45, 7) is 7.53. The van der Waals surface area contributed by atoms with E-state index in [1.807, 2.05) is 148 Å². The van der Waals surface area contributed by atoms with Crippen molar-refractivity contribution in [3.05, 3.63) is 167 Å². The fourth-order valence-corrected chi connectivity index (χ4v) is 10.1. The second-order valence-corrected chi connectivity index (χ2v) is 16.4. The summed E-state index contributed by atoms with van der Waals surface area (Å²) < 4.78 is 13.7. The Morgan fingerprint density at radius 2 is 1.31 bits per heavy atom. The number of carbonyl (C=O) groups is 2. The Labute approximate surface area is 322 Å². The van der Waals surface area contributed by atoms with Crippen LogP contribution >= 0.6 is 0 Å². The maximum atomic E-state index is 14.1. The summed E-state index contributed by atoms with van der Waals surface area (Å²) in [5, 5.41) is 35.4. The minimum atomic E-state index is -1.97. The van der Waals surface area contributed by atoms with E-state index in [2.05, 4.69) is 0 Å². The van der Waals surface area contributed by atoms with Crippen molar-refractivity contribution in [2.75, 3.05) is 6.61 Å². The zero-order chi connectivity index (χ0) is 38.6. The molecule has 282 valence electrons. The van der Waals surface area contributed by atoms with E-state index in [1.54, 1.807) is 13.0 Å². The van der Waals surface area contributed by atoms with Crippen LogP contribution in [0.5, 0.6) is 0 Å². The minimum absolute atomic E-state index is 0.0130. The van der Waals surface area contributed by atoms with Crippen molar-refractivity contribution >= 4 is 11.8 Å². The summed E-state index contributed by atoms with van der Waals surface area (Å²) in [4.78, 5) is 27.8. The van der Waals surface area contributed by atoms with Gasteiger partial charge >= 0.3 is 5.97 Å². The molecule has 1 unspecified atom stereocenters. The standard InChI is InChI=1S/C47H48N2O6/c1-31-25-39-44(52,42(31)51)29-34(30-54-47(35-19-11-6-12-20-35,36-21-13-7-14-22-36)37-23-15-8-16-24-37)26-38-41-43(3,4)48-49-45(41,28-32(2)46(38,39)53)55-40(50)27-33-17-9-5-10-18-33/h5-26,31-32,38,41,52-53H,27-30H2,1-4H3/t31?,32-,38+,41-,44-,45+,46-/m1/s1. The molecule has 2 N–H and O–H groups in total. The van der Waals surface area contributed by atoms with Crippen LogP contribution in [0, 0.1) is 23.7 Å². The molecule has 1 aliphatic heterocycles. The van der Waals surface area contributed by atoms with Crippen LogP contribution in [0.25, 0.3) is 0 Å². The lowest BCUT2D eigenvalue weighted by atomic mass is 9.54. The smallest absolute Gasteiger partial charge is 0.312 e. The van der Waals surface area contributed by atoms with Crippen LogP contribution < -0.4 is 0 Å². The Balaban J connectivity index is 1.26. The number of carbonyl (C=O) groups excluding carboxylic acids is 2. The molecule has 1 heterocycles. The van der Waals surface area contributed by atoms with Gasteiger partial charge in [-0.05, 0) is 53.2 Å². The predicted octanol–water partition coefficient (Wildman–Crippen LogP) is 7.93. The Bertz CT molecular complexity index is 2070. The molecule has 8 heteroatoms. The van der Waals surface area contributed by atoms with E-state index in [4.69, 9.17) is 19.7 Å². The molecule has 0 radical (unpaired) electrons. The third-order valence-corrected chi connectivity index (χ3v) is 12.5. The maximum absolute atomic E-state index is 14.1. The Morgan fingerprint density at radius 1 is 0.782 bits per heavy atom. The van der Waals surface area contributed by atoms with Gasteiger partial charge in [-0.3, -0.25) is 9.59 Å². The summed E-state index contributed by atoms with van der Waals surface area (Å²) >= 11 is 0. The summed E-state index contributed by atoms with van der Waals surface area (Å²) in [7, 11) is 0. The van der Waals surface area contributed by atoms with Crippen molar-refractivity contribution in [1.29, 1.82) is 0 Å². The molecular weight excluding hydrogens is 689 g/mol. The van der Waals surface area contributed by atoms with Gasteiger partial charge in [0.05, 0.1) is 30.1 Å². The molecule has 0 amide bonds. The number of ether oxygens (including phenoxy) is 2. The average Bonchev–Trinajstić information content (AvgIpc) is 3.54. The van der Waals surface area contributed by atoms with Gasteiger partial charge < -0.3 is 19.7 Å². The van der Waals surface area contributed by atoms with Gasteiger partial charge in [0.25, 0.3) is 0 Å². The fraction of sp³-hybridized carbons (Fsp3) is 0.362. The fourth-order valence-electron chi connectivity index (χ4n) is 10.1. The first kappa shape index (κ1) is 36.9. The van der Waals surface area contributed by atoms with Crippen LogP contribution in [0.2, 0.25) is 0 Å². The zero-order valence-electron chi connectivity index (χ0n) is 31.8. The van der Waals surface area contributed by atoms with E-state index >= 15 is 0 Å². The molecule has 1 fully saturated rings. The molecule has 7 atom stereocenters. The number of nitrogens with zero attached hydrogens (tertiary/aromatic N) is 2. The molecule has 3 aliphatic carbocycles. The van der Waals surface area contributed by atoms with Gasteiger partial charge in [0, 0.05) is 24.7 Å². The number of hydrogen-bond acceptors (Lipinski definition) is 8. The highest BCUT2D eigenvalue weighted by Gasteiger charge is 2.71. The van der Waals surface area contributed by atoms with Crippen LogP contribution in [0.3, 0.4) is 0 Å². The molecule has 0 saturated heterocycles. The summed E-state index contributed by atoms with van der Waals surface area (Å²) in [5.41, 5.74) is -2.50. The molecule has 1 saturated carbocycles. The average molecular weight is 737 g/mol. The van der Waals surface area contributed by atoms with Gasteiger partial charge in [-0.1, -0.05) is 147 Å². The van der Waals surface area contributed by atoms with Gasteiger partial charge in [-0.2, -0.15) is 5.11 Å². The molecular formula is C47H48N2O6. The van der Waals surface area contributed by atoms with Crippen LogP contribution in [0.15, 0.2) is 155 Å². The minimum Gasteiger partial charge on any atom is -0.435 e. The van der Waals surface area contributed by atoms with Crippen LogP contribution in [0.1, 0.15) is 62.8 Å². The summed E-state index contributed by atoms with van der Waals surface area (Å²) in [5.74, 6) is -3.40. The largest absolute Gasteiger partial charge is 0.435 e. The van der Waals surface area contributed by atoms with E-state index in [9.17, 15) is 19.8 Å². The molecule has 4 aromatic carbocycles. The van der Waals surface area contributed by atoms with Gasteiger partial charge in [-0.25, -0.2) is 0 Å². The number of allylic oxidation sites excluding steroid dienone is 1. The normalized spacial score (nSPS) is 30.7. The Morgan fingerprint density at radius 3 is 1.85 bits per heavy atom. The van der Waals surface area contributed by atoms with E-state index in [-0.39, 0.29) is 31.7 Å². The molecule has 4 aliphatic rings. The van der Waals surface area contributed by atoms with Crippen molar-refractivity contribution in [2.24, 2.45) is 33.9 Å². The SMILES string of the molecule is CC1C=C2[C@](O)(CC(COC(c3ccccc3)(c3ccccc3)c3ccccc3)=C[C@H]3[C@@H]4C(C)(C)N=N[C@]4(OC(=O)Cc4ccccc4)C[C@@H](C)[C@]23O)C1=O. The molecule has 8 nitrogen and oxygen atoms in total. The number of ketones is 1. The number of fused-ring (bicyclic) bond motifs is 5. The van der Waals surface area contributed by atoms with Gasteiger partial charge in [-0.15, -0.1) is 5.11 Å². The highest BCUT2D eigenvalue weighted by Crippen LogP contribution is 2.63. The first-order valence-corrected chi connectivity index (χ1v) is 19.3. The van der Waals surface area contributed by atoms with Crippen LogP contribution in [-0.4, -0.2) is 51.0 Å². The first-order chi connectivity index (χ1) is 26.3. The first-order valence-electron chi connectivity index (χ1n) is 19.3. The Hall–Kier alpha value is -5.02. The van der Waals surface area contributed by atoms with Crippen molar-refractivity contribution in [3.8, 4) is 0 Å². The molecule has 0 aromatic heterocycles. The lowest BCUT2D eigenvalue weighted by Crippen LogP contribution is -2.65. The number of hydrogen-bond donors (Lipinski definition) is 2. The second-order valence-electron chi connectivity index (χ2n) is 16.4. The van der Waals surface area contributed by atoms with Gasteiger partial charge in [0.2, 0.25) is 5.72 Å². The lowest BCUT2D eigenvalue weighted by molar-refractivity contribution is -0.199. The lowest BCUT2D eigenvalue weighted by Gasteiger charge is -2.55. The van der Waals surface area contributed by atoms with Crippen molar-refractivity contribution in [2.45, 2.75) is 75.0 Å². The molecule has 4 aromatic rings. The van der Waals surface area contributed by atoms with Gasteiger partial charge in [0.1, 0.15) is 5.60 Å². The molecule has 8 rings (SSSR count). The van der Waals surface area contributed by atoms with E-state index in [0.29, 0.717) is 11.1 Å². The number of rotatable bonds is 9. The van der Waals surface area contributed by atoms with E-state index in [0.717, 1.165) is 22.3 Å². The second kappa shape index (κ2) is 13.6. The molecule has 0 bridgehead atoms. The number of aliphatic hydroxyl groups is 2. The molecule has 0 spiro atoms. The predicted molar refractivity (Wildman–Crippen MR) is 209 cm³/mol. The highest BCUT2D eigenvalue weighted by molar-refractivity contribution is 5.98. The monoisotopic (exact) mass is 736 g/mol. The summed E-state index contributed by atoms with van der Waals surface area (Å²) in [6.07, 6.45) is 3.87. The topological polar surface area (TPSA) is 118 Å². The Kier molecular flexibility index (Phi) is 9.15. The van der Waals surface area contributed by atoms with Crippen molar-refractivity contribution in [1.82, 2.24) is 0 Å². The van der Waals surface area contributed by atoms with E-state index in [1.165, 1.54) is 0 Å². The van der Waals surface area contributed by atoms with Crippen LogP contribution in [-0.2, 0) is 31.1 Å². The maximum Gasteiger partial charge on any atom is 0.312 e. The van der Waals surface area contributed by atoms with Gasteiger partial charge in [0.15, 0.2) is 11.4 Å². The zero-order valence-corrected chi connectivity index (χ0v) is 31.8. The third kappa shape index (κ3) is 5.93. The van der Waals surface area contributed by atoms with Crippen molar-refractivity contribution in [3.63, 3.8) is 0 Å².